The Morgan fingerprint density at radius 1 is 1.03 bits per heavy atom. The minimum atomic E-state index is -0.157. The Morgan fingerprint density at radius 2 is 1.69 bits per heavy atom. The Morgan fingerprint density at radius 3 is 2.28 bits per heavy atom. The van der Waals surface area contributed by atoms with Gasteiger partial charge in [0, 0.05) is 32.3 Å². The van der Waals surface area contributed by atoms with Crippen LogP contribution in [0.2, 0.25) is 0 Å². The van der Waals surface area contributed by atoms with Gasteiger partial charge >= 0.3 is 0 Å². The van der Waals surface area contributed by atoms with E-state index in [9.17, 15) is 9.59 Å². The number of benzene rings is 1. The van der Waals surface area contributed by atoms with Crippen LogP contribution in [0.4, 0.5) is 0 Å². The summed E-state index contributed by atoms with van der Waals surface area (Å²) in [6.07, 6.45) is 3.49. The monoisotopic (exact) mass is 432 g/mol. The maximum absolute atomic E-state index is 12.8. The molecule has 4 nitrogen and oxygen atoms in total. The molecule has 0 radical (unpaired) electrons. The van der Waals surface area contributed by atoms with E-state index < -0.39 is 0 Å². The quantitative estimate of drug-likeness (QED) is 0.489. The molecule has 1 aliphatic heterocycles. The molecule has 0 spiro atoms. The van der Waals surface area contributed by atoms with Crippen molar-refractivity contribution in [1.29, 1.82) is 0 Å². The van der Waals surface area contributed by atoms with Gasteiger partial charge in [-0.05, 0) is 41.5 Å². The van der Waals surface area contributed by atoms with Gasteiger partial charge in [0.1, 0.15) is 0 Å². The van der Waals surface area contributed by atoms with Gasteiger partial charge < -0.3 is 4.90 Å². The van der Waals surface area contributed by atoms with Crippen molar-refractivity contribution in [2.24, 2.45) is 0 Å². The van der Waals surface area contributed by atoms with Gasteiger partial charge in [-0.3, -0.25) is 14.5 Å². The van der Waals surface area contributed by atoms with E-state index in [0.29, 0.717) is 19.0 Å². The number of hydrogen-bond acceptors (Lipinski definition) is 4. The van der Waals surface area contributed by atoms with E-state index in [1.165, 1.54) is 16.9 Å². The van der Waals surface area contributed by atoms with Crippen molar-refractivity contribution in [2.75, 3.05) is 26.2 Å². The third-order valence-corrected chi connectivity index (χ3v) is 6.26. The first kappa shape index (κ1) is 23.3. The third-order valence-electron chi connectivity index (χ3n) is 5.30. The first-order valence-corrected chi connectivity index (χ1v) is 10.7. The van der Waals surface area contributed by atoms with Crippen LogP contribution in [0.1, 0.15) is 47.5 Å². The van der Waals surface area contributed by atoms with Crippen molar-refractivity contribution >= 4 is 41.5 Å². The molecule has 0 aliphatic carbocycles. The Bertz CT molecular complexity index is 840. The molecule has 0 bridgehead atoms. The van der Waals surface area contributed by atoms with Crippen molar-refractivity contribution in [1.82, 2.24) is 9.80 Å². The summed E-state index contributed by atoms with van der Waals surface area (Å²) in [4.78, 5) is 30.1. The number of amides is 1. The lowest BCUT2D eigenvalue weighted by Crippen LogP contribution is -2.52. The van der Waals surface area contributed by atoms with Crippen LogP contribution in [0.5, 0.6) is 0 Å². The number of rotatable bonds is 6. The van der Waals surface area contributed by atoms with Gasteiger partial charge in [-0.15, -0.1) is 23.7 Å². The maximum atomic E-state index is 12.8. The number of piperazine rings is 1. The second-order valence-corrected chi connectivity index (χ2v) is 8.46. The molecule has 1 atom stereocenters. The van der Waals surface area contributed by atoms with Gasteiger partial charge in [0.2, 0.25) is 5.91 Å². The molecule has 156 valence electrons. The molecule has 1 aromatic heterocycles. The van der Waals surface area contributed by atoms with E-state index in [1.54, 1.807) is 6.08 Å². The summed E-state index contributed by atoms with van der Waals surface area (Å²) < 4.78 is 0. The molecule has 1 fully saturated rings. The Balaban J connectivity index is 0.00000300. The van der Waals surface area contributed by atoms with Crippen molar-refractivity contribution in [3.63, 3.8) is 0 Å². The van der Waals surface area contributed by atoms with Gasteiger partial charge in [0.25, 0.3) is 0 Å². The zero-order chi connectivity index (χ0) is 20.1. The fraction of sp³-hybridized carbons (Fsp3) is 0.391. The van der Waals surface area contributed by atoms with Crippen LogP contribution < -0.4 is 0 Å². The lowest BCUT2D eigenvalue weighted by Gasteiger charge is -2.37. The molecule has 0 N–H and O–H groups in total. The van der Waals surface area contributed by atoms with Crippen molar-refractivity contribution in [2.45, 2.75) is 32.7 Å². The second kappa shape index (κ2) is 10.7. The molecule has 1 aliphatic rings. The summed E-state index contributed by atoms with van der Waals surface area (Å²) in [5.41, 5.74) is 2.24. The van der Waals surface area contributed by atoms with E-state index in [2.05, 4.69) is 24.1 Å². The number of carbonyl (C=O) groups is 2. The lowest BCUT2D eigenvalue weighted by atomic mass is 10.0. The minimum Gasteiger partial charge on any atom is -0.337 e. The number of Topliss-reactive ketones (excluding diaryl/α,β-unsaturated/α-hetero) is 1. The standard InChI is InChI=1S/C23H28N2O2S.ClH/c1-17(2)20-15-21(28-16-20)23(27)18(3)24-11-13-25(14-12-24)22(26)10-9-19-7-5-4-6-8-19;/h4-10,15-18H,11-14H2,1-3H3;1H. The number of hydrogen-bond donors (Lipinski definition) is 0. The first-order valence-electron chi connectivity index (χ1n) is 9.84. The zero-order valence-electron chi connectivity index (χ0n) is 17.2. The van der Waals surface area contributed by atoms with Crippen LogP contribution in [0.25, 0.3) is 6.08 Å². The summed E-state index contributed by atoms with van der Waals surface area (Å²) in [6.45, 7) is 9.00. The smallest absolute Gasteiger partial charge is 0.246 e. The van der Waals surface area contributed by atoms with Crippen LogP contribution in [0.15, 0.2) is 47.9 Å². The molecule has 0 saturated carbocycles. The number of carbonyl (C=O) groups excluding carboxylic acids is 2. The molecule has 2 aromatic rings. The van der Waals surface area contributed by atoms with Gasteiger partial charge in [-0.25, -0.2) is 0 Å². The van der Waals surface area contributed by atoms with E-state index in [0.717, 1.165) is 23.5 Å². The van der Waals surface area contributed by atoms with Crippen LogP contribution in [-0.2, 0) is 4.79 Å². The molecule has 1 unspecified atom stereocenters. The second-order valence-electron chi connectivity index (χ2n) is 7.54. The fourth-order valence-corrected chi connectivity index (χ4v) is 4.42. The number of nitrogens with zero attached hydrogens (tertiary/aromatic N) is 2. The number of halogens is 1. The molecule has 1 aromatic carbocycles. The summed E-state index contributed by atoms with van der Waals surface area (Å²) in [5, 5.41) is 2.08. The largest absolute Gasteiger partial charge is 0.337 e. The van der Waals surface area contributed by atoms with E-state index in [-0.39, 0.29) is 30.1 Å². The van der Waals surface area contributed by atoms with Crippen molar-refractivity contribution in [3.8, 4) is 0 Å². The highest BCUT2D eigenvalue weighted by Crippen LogP contribution is 2.24. The van der Waals surface area contributed by atoms with Crippen LogP contribution >= 0.6 is 23.7 Å². The lowest BCUT2D eigenvalue weighted by molar-refractivity contribution is -0.127. The average Bonchev–Trinajstić information content (AvgIpc) is 3.22. The van der Waals surface area contributed by atoms with Crippen LogP contribution in [-0.4, -0.2) is 53.7 Å². The molecular formula is C23H29ClN2O2S. The Hall–Kier alpha value is -1.95. The van der Waals surface area contributed by atoms with Crippen molar-refractivity contribution < 1.29 is 9.59 Å². The highest BCUT2D eigenvalue weighted by molar-refractivity contribution is 7.12. The highest BCUT2D eigenvalue weighted by atomic mass is 35.5. The Kier molecular flexibility index (Phi) is 8.62. The summed E-state index contributed by atoms with van der Waals surface area (Å²) in [5.74, 6) is 0.648. The van der Waals surface area contributed by atoms with Gasteiger partial charge in [0.15, 0.2) is 5.78 Å². The van der Waals surface area contributed by atoms with Crippen LogP contribution in [0.3, 0.4) is 0 Å². The van der Waals surface area contributed by atoms with Gasteiger partial charge in [0.05, 0.1) is 10.9 Å². The number of thiophene rings is 1. The maximum Gasteiger partial charge on any atom is 0.246 e. The van der Waals surface area contributed by atoms with E-state index in [1.807, 2.05) is 54.3 Å². The third kappa shape index (κ3) is 6.01. The number of ketones is 1. The molecule has 6 heteroatoms. The summed E-state index contributed by atoms with van der Waals surface area (Å²) in [7, 11) is 0. The predicted octanol–water partition coefficient (Wildman–Crippen LogP) is 4.72. The first-order chi connectivity index (χ1) is 13.5. The SMILES string of the molecule is CC(C)c1csc(C(=O)C(C)N2CCN(C(=O)C=Cc3ccccc3)CC2)c1.Cl. The average molecular weight is 433 g/mol. The summed E-state index contributed by atoms with van der Waals surface area (Å²) in [6, 6.07) is 11.7. The van der Waals surface area contributed by atoms with E-state index in [4.69, 9.17) is 0 Å². The molecular weight excluding hydrogens is 404 g/mol. The zero-order valence-corrected chi connectivity index (χ0v) is 18.8. The van der Waals surface area contributed by atoms with Crippen molar-refractivity contribution in [3.05, 3.63) is 63.9 Å². The molecule has 1 amide bonds. The minimum absolute atomic E-state index is 0. The topological polar surface area (TPSA) is 40.6 Å². The molecule has 2 heterocycles. The van der Waals surface area contributed by atoms with Gasteiger partial charge in [-0.2, -0.15) is 0 Å². The van der Waals surface area contributed by atoms with Crippen LogP contribution in [0, 0.1) is 0 Å². The highest BCUT2D eigenvalue weighted by Gasteiger charge is 2.28. The molecule has 29 heavy (non-hydrogen) atoms. The fourth-order valence-electron chi connectivity index (χ4n) is 3.32. The molecule has 3 rings (SSSR count). The molecule has 1 saturated heterocycles. The summed E-state index contributed by atoms with van der Waals surface area (Å²) >= 11 is 1.54. The normalized spacial score (nSPS) is 16.1. The van der Waals surface area contributed by atoms with E-state index >= 15 is 0 Å². The predicted molar refractivity (Wildman–Crippen MR) is 123 cm³/mol. The van der Waals surface area contributed by atoms with Gasteiger partial charge in [-0.1, -0.05) is 44.2 Å². The Labute approximate surface area is 183 Å².